The summed E-state index contributed by atoms with van der Waals surface area (Å²) < 4.78 is 5.42. The van der Waals surface area contributed by atoms with Gasteiger partial charge in [-0.1, -0.05) is 6.42 Å². The quantitative estimate of drug-likeness (QED) is 0.775. The molecule has 1 fully saturated rings. The van der Waals surface area contributed by atoms with E-state index in [1.165, 1.54) is 19.3 Å². The zero-order valence-corrected chi connectivity index (χ0v) is 7.32. The van der Waals surface area contributed by atoms with Crippen LogP contribution in [-0.2, 0) is 11.2 Å². The molecule has 0 spiro atoms. The predicted molar refractivity (Wildman–Crippen MR) is 46.6 cm³/mol. The van der Waals surface area contributed by atoms with Gasteiger partial charge in [0, 0.05) is 5.92 Å². The lowest BCUT2D eigenvalue weighted by atomic mass is 9.84. The van der Waals surface area contributed by atoms with Crippen molar-refractivity contribution in [3.8, 4) is 0 Å². The molecule has 1 aromatic rings. The Morgan fingerprint density at radius 2 is 2.31 bits per heavy atom. The molecule has 0 amide bonds. The summed E-state index contributed by atoms with van der Waals surface area (Å²) in [6.07, 6.45) is 3.62. The number of carbonyl (C=O) groups is 1. The second kappa shape index (κ2) is 3.24. The van der Waals surface area contributed by atoms with Crippen LogP contribution in [0.2, 0.25) is 0 Å². The average Bonchev–Trinajstić information content (AvgIpc) is 2.31. The van der Waals surface area contributed by atoms with Crippen molar-refractivity contribution in [3.05, 3.63) is 23.7 Å². The molecule has 3 heteroatoms. The molecule has 0 aliphatic heterocycles. The van der Waals surface area contributed by atoms with Crippen LogP contribution >= 0.6 is 0 Å². The maximum atomic E-state index is 10.4. The first kappa shape index (κ1) is 8.35. The van der Waals surface area contributed by atoms with Crippen molar-refractivity contribution >= 4 is 5.97 Å². The molecule has 0 unspecified atom stereocenters. The van der Waals surface area contributed by atoms with Crippen LogP contribution in [0.4, 0.5) is 0 Å². The van der Waals surface area contributed by atoms with Gasteiger partial charge in [-0.3, -0.25) is 4.79 Å². The lowest BCUT2D eigenvalue weighted by Gasteiger charge is -2.22. The highest BCUT2D eigenvalue weighted by atomic mass is 16.4. The highest BCUT2D eigenvalue weighted by molar-refractivity contribution is 5.69. The predicted octanol–water partition coefficient (Wildman–Crippen LogP) is 2.17. The molecule has 1 aliphatic carbocycles. The van der Waals surface area contributed by atoms with Crippen LogP contribution in [0.5, 0.6) is 0 Å². The third kappa shape index (κ3) is 1.74. The van der Waals surface area contributed by atoms with E-state index in [1.807, 2.05) is 6.07 Å². The highest BCUT2D eigenvalue weighted by Crippen LogP contribution is 2.37. The minimum Gasteiger partial charge on any atom is -0.481 e. The second-order valence-corrected chi connectivity index (χ2v) is 3.50. The maximum absolute atomic E-state index is 10.4. The summed E-state index contributed by atoms with van der Waals surface area (Å²) in [5.74, 6) is 1.23. The molecule has 13 heavy (non-hydrogen) atoms. The fourth-order valence-electron chi connectivity index (χ4n) is 1.55. The van der Waals surface area contributed by atoms with Gasteiger partial charge in [-0.15, -0.1) is 0 Å². The Hall–Kier alpha value is -1.25. The number of carboxylic acids is 1. The van der Waals surface area contributed by atoms with Gasteiger partial charge in [0.05, 0.1) is 0 Å². The number of aliphatic carboxylic acids is 1. The van der Waals surface area contributed by atoms with Crippen LogP contribution in [0.15, 0.2) is 16.5 Å². The van der Waals surface area contributed by atoms with Gasteiger partial charge in [-0.05, 0) is 25.0 Å². The number of rotatable bonds is 3. The van der Waals surface area contributed by atoms with Crippen molar-refractivity contribution in [2.45, 2.75) is 31.6 Å². The van der Waals surface area contributed by atoms with E-state index in [0.717, 1.165) is 5.76 Å². The van der Waals surface area contributed by atoms with E-state index in [1.54, 1.807) is 6.07 Å². The molecule has 0 aromatic carbocycles. The molecule has 1 aliphatic rings. The molecular weight excluding hydrogens is 168 g/mol. The molecular formula is C10H12O3. The summed E-state index contributed by atoms with van der Waals surface area (Å²) in [5.41, 5.74) is 0. The van der Waals surface area contributed by atoms with Crippen LogP contribution in [0, 0.1) is 0 Å². The molecule has 3 nitrogen and oxygen atoms in total. The maximum Gasteiger partial charge on any atom is 0.311 e. The van der Waals surface area contributed by atoms with Gasteiger partial charge in [0.15, 0.2) is 0 Å². The normalized spacial score (nSPS) is 16.9. The van der Waals surface area contributed by atoms with Gasteiger partial charge >= 0.3 is 5.97 Å². The summed E-state index contributed by atoms with van der Waals surface area (Å²) in [5, 5.41) is 8.53. The van der Waals surface area contributed by atoms with Crippen molar-refractivity contribution in [1.29, 1.82) is 0 Å². The van der Waals surface area contributed by atoms with Crippen LogP contribution in [0.3, 0.4) is 0 Å². The SMILES string of the molecule is O=C(O)Cc1ccc(C2CCC2)o1. The van der Waals surface area contributed by atoms with Gasteiger partial charge in [0.25, 0.3) is 0 Å². The van der Waals surface area contributed by atoms with E-state index >= 15 is 0 Å². The second-order valence-electron chi connectivity index (χ2n) is 3.50. The highest BCUT2D eigenvalue weighted by Gasteiger charge is 2.22. The minimum absolute atomic E-state index is 0.00722. The number of carboxylic acid groups (broad SMARTS) is 1. The molecule has 1 aromatic heterocycles. The number of furan rings is 1. The molecule has 0 saturated heterocycles. The van der Waals surface area contributed by atoms with Crippen LogP contribution in [-0.4, -0.2) is 11.1 Å². The fraction of sp³-hybridized carbons (Fsp3) is 0.500. The Labute approximate surface area is 76.4 Å². The standard InChI is InChI=1S/C10H12O3/c11-10(12)6-8-4-5-9(13-8)7-2-1-3-7/h4-5,7H,1-3,6H2,(H,11,12). The molecule has 2 rings (SSSR count). The van der Waals surface area contributed by atoms with E-state index in [9.17, 15) is 4.79 Å². The molecule has 0 atom stereocenters. The van der Waals surface area contributed by atoms with Gasteiger partial charge in [-0.25, -0.2) is 0 Å². The minimum atomic E-state index is -0.838. The zero-order valence-electron chi connectivity index (χ0n) is 7.32. The smallest absolute Gasteiger partial charge is 0.311 e. The van der Waals surface area contributed by atoms with Crippen LogP contribution < -0.4 is 0 Å². The van der Waals surface area contributed by atoms with Gasteiger partial charge in [0.2, 0.25) is 0 Å². The fourth-order valence-corrected chi connectivity index (χ4v) is 1.55. The lowest BCUT2D eigenvalue weighted by Crippen LogP contribution is -2.07. The third-order valence-electron chi connectivity index (χ3n) is 2.52. The Morgan fingerprint density at radius 1 is 1.54 bits per heavy atom. The van der Waals surface area contributed by atoms with Crippen molar-refractivity contribution in [1.82, 2.24) is 0 Å². The number of hydrogen-bond acceptors (Lipinski definition) is 2. The summed E-state index contributed by atoms with van der Waals surface area (Å²) >= 11 is 0. The third-order valence-corrected chi connectivity index (χ3v) is 2.52. The zero-order chi connectivity index (χ0) is 9.26. The van der Waals surface area contributed by atoms with E-state index < -0.39 is 5.97 Å². The summed E-state index contributed by atoms with van der Waals surface area (Å²) in [4.78, 5) is 10.4. The van der Waals surface area contributed by atoms with Crippen molar-refractivity contribution in [3.63, 3.8) is 0 Å². The Balaban J connectivity index is 2.04. The Morgan fingerprint density at radius 3 is 2.85 bits per heavy atom. The van der Waals surface area contributed by atoms with Crippen molar-refractivity contribution in [2.24, 2.45) is 0 Å². The van der Waals surface area contributed by atoms with Crippen LogP contribution in [0.1, 0.15) is 36.7 Å². The van der Waals surface area contributed by atoms with E-state index in [4.69, 9.17) is 9.52 Å². The van der Waals surface area contributed by atoms with E-state index in [2.05, 4.69) is 0 Å². The van der Waals surface area contributed by atoms with E-state index in [-0.39, 0.29) is 6.42 Å². The molecule has 0 bridgehead atoms. The first-order valence-electron chi connectivity index (χ1n) is 4.56. The largest absolute Gasteiger partial charge is 0.481 e. The van der Waals surface area contributed by atoms with Gasteiger partial charge in [-0.2, -0.15) is 0 Å². The Bertz CT molecular complexity index is 310. The average molecular weight is 180 g/mol. The first-order chi connectivity index (χ1) is 6.25. The van der Waals surface area contributed by atoms with Crippen LogP contribution in [0.25, 0.3) is 0 Å². The molecule has 1 heterocycles. The van der Waals surface area contributed by atoms with Crippen molar-refractivity contribution in [2.75, 3.05) is 0 Å². The topological polar surface area (TPSA) is 50.4 Å². The van der Waals surface area contributed by atoms with Crippen molar-refractivity contribution < 1.29 is 14.3 Å². The first-order valence-corrected chi connectivity index (χ1v) is 4.56. The molecule has 0 radical (unpaired) electrons. The molecule has 1 saturated carbocycles. The van der Waals surface area contributed by atoms with Gasteiger partial charge < -0.3 is 9.52 Å². The summed E-state index contributed by atoms with van der Waals surface area (Å²) in [7, 11) is 0. The summed E-state index contributed by atoms with van der Waals surface area (Å²) in [6.45, 7) is 0. The number of hydrogen-bond donors (Lipinski definition) is 1. The van der Waals surface area contributed by atoms with Gasteiger partial charge in [0.1, 0.15) is 17.9 Å². The van der Waals surface area contributed by atoms with E-state index in [0.29, 0.717) is 11.7 Å². The molecule has 70 valence electrons. The molecule has 1 N–H and O–H groups in total. The summed E-state index contributed by atoms with van der Waals surface area (Å²) in [6, 6.07) is 3.67. The lowest BCUT2D eigenvalue weighted by molar-refractivity contribution is -0.136. The Kier molecular flexibility index (Phi) is 2.08. The monoisotopic (exact) mass is 180 g/mol.